The molecule has 0 fully saturated rings. The van der Waals surface area contributed by atoms with Crippen LogP contribution in [0.25, 0.3) is 0 Å². The third-order valence-electron chi connectivity index (χ3n) is 3.25. The van der Waals surface area contributed by atoms with Crippen molar-refractivity contribution in [2.75, 3.05) is 38.8 Å². The van der Waals surface area contributed by atoms with Crippen LogP contribution in [0.1, 0.15) is 16.7 Å². The van der Waals surface area contributed by atoms with Gasteiger partial charge < -0.3 is 20.4 Å². The summed E-state index contributed by atoms with van der Waals surface area (Å²) in [4.78, 5) is 26.7. The van der Waals surface area contributed by atoms with Crippen molar-refractivity contribution in [3.8, 4) is 0 Å². The first-order valence-electron chi connectivity index (χ1n) is 6.72. The van der Waals surface area contributed by atoms with Crippen LogP contribution >= 0.6 is 0 Å². The Morgan fingerprint density at radius 2 is 1.14 bits per heavy atom. The molecule has 2 N–H and O–H groups in total. The zero-order valence-corrected chi connectivity index (χ0v) is 13.8. The van der Waals surface area contributed by atoms with E-state index in [9.17, 15) is 9.59 Å². The van der Waals surface area contributed by atoms with Crippen molar-refractivity contribution < 1.29 is 9.59 Å². The summed E-state index contributed by atoms with van der Waals surface area (Å²) in [5, 5.41) is 5.74. The molecule has 4 amide bonds. The van der Waals surface area contributed by atoms with Gasteiger partial charge in [0.25, 0.3) is 0 Å². The van der Waals surface area contributed by atoms with E-state index in [0.717, 1.165) is 28.1 Å². The zero-order chi connectivity index (χ0) is 16.3. The number of benzene rings is 1. The minimum atomic E-state index is -0.199. The van der Waals surface area contributed by atoms with Crippen LogP contribution < -0.4 is 10.6 Å². The number of hydrogen-bond donors (Lipinski definition) is 2. The highest BCUT2D eigenvalue weighted by Gasteiger charge is 2.16. The number of aryl methyl sites for hydroxylation is 2. The van der Waals surface area contributed by atoms with E-state index in [4.69, 9.17) is 0 Å². The predicted octanol–water partition coefficient (Wildman–Crippen LogP) is 2.80. The average Bonchev–Trinajstić information content (AvgIpc) is 2.38. The van der Waals surface area contributed by atoms with Crippen molar-refractivity contribution >= 4 is 23.4 Å². The van der Waals surface area contributed by atoms with Gasteiger partial charge in [-0.25, -0.2) is 9.59 Å². The van der Waals surface area contributed by atoms with E-state index in [0.29, 0.717) is 0 Å². The van der Waals surface area contributed by atoms with Crippen molar-refractivity contribution in [1.82, 2.24) is 9.80 Å². The topological polar surface area (TPSA) is 64.7 Å². The summed E-state index contributed by atoms with van der Waals surface area (Å²) in [6.45, 7) is 5.75. The molecule has 0 heterocycles. The molecule has 0 bridgehead atoms. The smallest absolute Gasteiger partial charge is 0.321 e. The van der Waals surface area contributed by atoms with Gasteiger partial charge in [0.2, 0.25) is 0 Å². The zero-order valence-electron chi connectivity index (χ0n) is 13.8. The number of hydrogen-bond acceptors (Lipinski definition) is 2. The van der Waals surface area contributed by atoms with Crippen LogP contribution in [0.3, 0.4) is 0 Å². The van der Waals surface area contributed by atoms with E-state index >= 15 is 0 Å². The SMILES string of the molecule is Cc1cc(C)c(NC(=O)N(C)C)c(C)c1NC(=O)N(C)C. The first-order chi connectivity index (χ1) is 9.65. The van der Waals surface area contributed by atoms with Crippen LogP contribution in [-0.2, 0) is 0 Å². The molecule has 0 saturated carbocycles. The molecule has 0 aromatic heterocycles. The standard InChI is InChI=1S/C15H24N4O2/c1-9-8-10(2)13(17-15(21)19(6)7)11(3)12(9)16-14(20)18(4)5/h8H,1-7H3,(H,16,20)(H,17,21). The third-order valence-corrected chi connectivity index (χ3v) is 3.25. The fraction of sp³-hybridized carbons (Fsp3) is 0.467. The van der Waals surface area contributed by atoms with Gasteiger partial charge in [0, 0.05) is 28.2 Å². The summed E-state index contributed by atoms with van der Waals surface area (Å²) in [5.74, 6) is 0. The van der Waals surface area contributed by atoms with Crippen molar-refractivity contribution in [1.29, 1.82) is 0 Å². The quantitative estimate of drug-likeness (QED) is 0.880. The Labute approximate surface area is 126 Å². The highest BCUT2D eigenvalue weighted by atomic mass is 16.2. The second-order valence-corrected chi connectivity index (χ2v) is 5.53. The van der Waals surface area contributed by atoms with E-state index in [1.807, 2.05) is 26.8 Å². The van der Waals surface area contributed by atoms with E-state index in [1.54, 1.807) is 28.2 Å². The number of nitrogens with zero attached hydrogens (tertiary/aromatic N) is 2. The van der Waals surface area contributed by atoms with Gasteiger partial charge in [0.05, 0.1) is 11.4 Å². The highest BCUT2D eigenvalue weighted by Crippen LogP contribution is 2.31. The molecule has 6 nitrogen and oxygen atoms in total. The molecule has 116 valence electrons. The largest absolute Gasteiger partial charge is 0.331 e. The normalized spacial score (nSPS) is 10.0. The lowest BCUT2D eigenvalue weighted by Crippen LogP contribution is -2.29. The summed E-state index contributed by atoms with van der Waals surface area (Å²) in [5.41, 5.74) is 4.23. The molecule has 0 radical (unpaired) electrons. The molecule has 1 rings (SSSR count). The van der Waals surface area contributed by atoms with Gasteiger partial charge in [-0.05, 0) is 37.5 Å². The molecule has 0 spiro atoms. The molecule has 0 aliphatic heterocycles. The maximum atomic E-state index is 11.9. The van der Waals surface area contributed by atoms with Crippen molar-refractivity contribution in [2.45, 2.75) is 20.8 Å². The van der Waals surface area contributed by atoms with E-state index in [-0.39, 0.29) is 12.1 Å². The minimum absolute atomic E-state index is 0.199. The number of rotatable bonds is 2. The number of nitrogens with one attached hydrogen (secondary N) is 2. The first-order valence-corrected chi connectivity index (χ1v) is 6.72. The maximum Gasteiger partial charge on any atom is 0.321 e. The first kappa shape index (κ1) is 16.8. The van der Waals surface area contributed by atoms with E-state index in [2.05, 4.69) is 10.6 Å². The third kappa shape index (κ3) is 3.87. The van der Waals surface area contributed by atoms with Crippen LogP contribution in [0.15, 0.2) is 6.07 Å². The summed E-state index contributed by atoms with van der Waals surface area (Å²) in [6, 6.07) is 1.55. The van der Waals surface area contributed by atoms with Crippen LogP contribution in [0.2, 0.25) is 0 Å². The van der Waals surface area contributed by atoms with Gasteiger partial charge in [-0.1, -0.05) is 6.07 Å². The molecule has 0 unspecified atom stereocenters. The monoisotopic (exact) mass is 292 g/mol. The Hall–Kier alpha value is -2.24. The molecule has 6 heteroatoms. The Kier molecular flexibility index (Phi) is 5.18. The molecule has 1 aromatic carbocycles. The fourth-order valence-corrected chi connectivity index (χ4v) is 2.01. The van der Waals surface area contributed by atoms with E-state index < -0.39 is 0 Å². The van der Waals surface area contributed by atoms with Crippen LogP contribution in [0.5, 0.6) is 0 Å². The summed E-state index contributed by atoms with van der Waals surface area (Å²) < 4.78 is 0. The molecule has 21 heavy (non-hydrogen) atoms. The molecule has 0 aliphatic rings. The Bertz CT molecular complexity index is 519. The lowest BCUT2D eigenvalue weighted by Gasteiger charge is -2.21. The average molecular weight is 292 g/mol. The molecular formula is C15H24N4O2. The molecule has 0 atom stereocenters. The van der Waals surface area contributed by atoms with Crippen molar-refractivity contribution in [2.24, 2.45) is 0 Å². The van der Waals surface area contributed by atoms with Gasteiger partial charge in [0.1, 0.15) is 0 Å². The molecule has 1 aromatic rings. The summed E-state index contributed by atoms with van der Waals surface area (Å²) in [6.07, 6.45) is 0. The summed E-state index contributed by atoms with van der Waals surface area (Å²) in [7, 11) is 6.73. The van der Waals surface area contributed by atoms with E-state index in [1.165, 1.54) is 9.80 Å². The Balaban J connectivity index is 3.22. The van der Waals surface area contributed by atoms with Gasteiger partial charge in [-0.3, -0.25) is 0 Å². The highest BCUT2D eigenvalue weighted by molar-refractivity contribution is 5.96. The Morgan fingerprint density at radius 3 is 1.43 bits per heavy atom. The number of carbonyl (C=O) groups is 2. The Morgan fingerprint density at radius 1 is 0.810 bits per heavy atom. The van der Waals surface area contributed by atoms with Crippen LogP contribution in [0, 0.1) is 20.8 Å². The second kappa shape index (κ2) is 6.47. The van der Waals surface area contributed by atoms with Gasteiger partial charge in [0.15, 0.2) is 0 Å². The second-order valence-electron chi connectivity index (χ2n) is 5.53. The lowest BCUT2D eigenvalue weighted by molar-refractivity contribution is 0.230. The number of amides is 4. The number of carbonyl (C=O) groups excluding carboxylic acids is 2. The number of urea groups is 2. The maximum absolute atomic E-state index is 11.9. The molecule has 0 saturated heterocycles. The van der Waals surface area contributed by atoms with Gasteiger partial charge in [-0.2, -0.15) is 0 Å². The fourth-order valence-electron chi connectivity index (χ4n) is 2.01. The lowest BCUT2D eigenvalue weighted by atomic mass is 10.0. The van der Waals surface area contributed by atoms with Crippen LogP contribution in [0.4, 0.5) is 21.0 Å². The minimum Gasteiger partial charge on any atom is -0.331 e. The number of anilines is 2. The molecular weight excluding hydrogens is 268 g/mol. The van der Waals surface area contributed by atoms with Gasteiger partial charge >= 0.3 is 12.1 Å². The van der Waals surface area contributed by atoms with Crippen LogP contribution in [-0.4, -0.2) is 50.1 Å². The molecule has 0 aliphatic carbocycles. The summed E-state index contributed by atoms with van der Waals surface area (Å²) >= 11 is 0. The predicted molar refractivity (Wildman–Crippen MR) is 86.1 cm³/mol. The van der Waals surface area contributed by atoms with Gasteiger partial charge in [-0.15, -0.1) is 0 Å². The van der Waals surface area contributed by atoms with Crippen molar-refractivity contribution in [3.05, 3.63) is 22.8 Å². The van der Waals surface area contributed by atoms with Crippen molar-refractivity contribution in [3.63, 3.8) is 0 Å².